The summed E-state index contributed by atoms with van der Waals surface area (Å²) in [5.41, 5.74) is -1.12. The first-order chi connectivity index (χ1) is 28.8. The normalized spacial score (nSPS) is 14.6. The molecule has 23 nitrogen and oxygen atoms in total. The van der Waals surface area contributed by atoms with Crippen molar-refractivity contribution in [3.8, 4) is 17.2 Å². The zero-order valence-electron chi connectivity index (χ0n) is 32.1. The van der Waals surface area contributed by atoms with E-state index in [0.29, 0.717) is 12.1 Å². The van der Waals surface area contributed by atoms with Crippen LogP contribution < -0.4 is 14.5 Å². The fraction of sp³-hybridized carbons (Fsp3) is 0.171. The number of hydrogen-bond donors (Lipinski definition) is 4. The minimum Gasteiger partial charge on any atom is -0.434 e. The second-order valence-corrected chi connectivity index (χ2v) is 18.3. The number of benzene rings is 4. The molecule has 0 fully saturated rings. The van der Waals surface area contributed by atoms with Gasteiger partial charge >= 0.3 is 12.3 Å². The highest BCUT2D eigenvalue weighted by atomic mass is 32.2. The average molecular weight is 938 g/mol. The molecule has 328 valence electrons. The molecule has 4 aromatic carbocycles. The maximum Gasteiger partial charge on any atom is 0.513 e. The average Bonchev–Trinajstić information content (AvgIpc) is 3.61. The summed E-state index contributed by atoms with van der Waals surface area (Å²) in [6.45, 7) is 4.17. The van der Waals surface area contributed by atoms with Gasteiger partial charge in [-0.15, -0.1) is 15.0 Å². The van der Waals surface area contributed by atoms with Crippen molar-refractivity contribution in [2.45, 2.75) is 40.4 Å². The summed E-state index contributed by atoms with van der Waals surface area (Å²) in [6, 6.07) is 7.43. The molecule has 1 aliphatic rings. The van der Waals surface area contributed by atoms with E-state index in [1.807, 2.05) is 0 Å². The van der Waals surface area contributed by atoms with E-state index in [1.54, 1.807) is 6.92 Å². The molecule has 1 aromatic heterocycles. The number of hydrogen-bond acceptors (Lipinski definition) is 18. The SMILES string of the molecule is CC=C1C=Cc2c(cc(S(=O)(=O)O)cc2S(=O)(=O)O)/C1=N/N(C)c1cc(OC(=O)OCC)c(-n2nc3ccc4c(S(=O)(=O)O)cc(S(=O)(=O)O)cc4c3n2)cc1OC(=O)OCC. The van der Waals surface area contributed by atoms with Crippen LogP contribution in [0.2, 0.25) is 0 Å². The highest BCUT2D eigenvalue weighted by Crippen LogP contribution is 2.40. The first-order valence-corrected chi connectivity index (χ1v) is 23.1. The Morgan fingerprint density at radius 1 is 0.726 bits per heavy atom. The van der Waals surface area contributed by atoms with Gasteiger partial charge in [0.2, 0.25) is 0 Å². The number of ether oxygens (including phenoxy) is 4. The summed E-state index contributed by atoms with van der Waals surface area (Å²) in [7, 11) is -19.1. The van der Waals surface area contributed by atoms with Gasteiger partial charge in [-0.25, -0.2) is 9.59 Å². The van der Waals surface area contributed by atoms with Crippen LogP contribution in [0, 0.1) is 0 Å². The molecule has 0 spiro atoms. The van der Waals surface area contributed by atoms with Crippen LogP contribution in [0.1, 0.15) is 31.9 Å². The van der Waals surface area contributed by atoms with Crippen LogP contribution in [0.4, 0.5) is 15.3 Å². The van der Waals surface area contributed by atoms with Crippen molar-refractivity contribution >= 4 is 92.1 Å². The van der Waals surface area contributed by atoms with Crippen LogP contribution in [0.25, 0.3) is 33.6 Å². The van der Waals surface area contributed by atoms with Gasteiger partial charge < -0.3 is 18.9 Å². The summed E-state index contributed by atoms with van der Waals surface area (Å²) in [4.78, 5) is 22.9. The van der Waals surface area contributed by atoms with E-state index in [2.05, 4.69) is 15.3 Å². The van der Waals surface area contributed by atoms with Crippen molar-refractivity contribution in [2.24, 2.45) is 5.10 Å². The van der Waals surface area contributed by atoms with Crippen LogP contribution >= 0.6 is 0 Å². The molecule has 0 amide bonds. The molecule has 4 N–H and O–H groups in total. The van der Waals surface area contributed by atoms with Gasteiger partial charge in [0, 0.05) is 41.1 Å². The number of aromatic nitrogens is 3. The first kappa shape index (κ1) is 45.2. The van der Waals surface area contributed by atoms with Crippen molar-refractivity contribution in [1.29, 1.82) is 0 Å². The second kappa shape index (κ2) is 16.5. The quantitative estimate of drug-likeness (QED) is 0.0615. The van der Waals surface area contributed by atoms with E-state index < -0.39 is 83.9 Å². The van der Waals surface area contributed by atoms with Gasteiger partial charge in [0.1, 0.15) is 32.2 Å². The zero-order valence-corrected chi connectivity index (χ0v) is 35.4. The zero-order chi connectivity index (χ0) is 45.7. The van der Waals surface area contributed by atoms with Crippen LogP contribution in [0.15, 0.2) is 90.9 Å². The van der Waals surface area contributed by atoms with Crippen molar-refractivity contribution in [3.63, 3.8) is 0 Å². The number of rotatable bonds is 11. The molecule has 0 atom stereocenters. The number of anilines is 1. The van der Waals surface area contributed by atoms with Gasteiger partial charge in [0.05, 0.1) is 28.7 Å². The number of nitrogens with zero attached hydrogens (tertiary/aromatic N) is 5. The standard InChI is InChI=1S/C35H31N5O18S4/c1-5-18-8-9-21-23(12-19(59(43,44)45)14-30(21)61(49,50)51)32(18)37-39(4)26-16-29(58-35(42)56-7-3)27(17-28(26)57-34(41)55-6-2)40-36-25-11-10-22-24(33(25)38-40)13-20(60(46,47)48)15-31(22)62(52,53)54/h5,8-17H,6-7H2,1-4H3,(H,43,44,45)(H,46,47,48)(H,49,50,51)(H,52,53,54)/b18-5?,37-32+. The van der Waals surface area contributed by atoms with E-state index in [4.69, 9.17) is 18.9 Å². The van der Waals surface area contributed by atoms with Gasteiger partial charge in [-0.2, -0.15) is 38.8 Å². The molecule has 1 heterocycles. The Bertz CT molecular complexity index is 3290. The lowest BCUT2D eigenvalue weighted by molar-refractivity contribution is 0.102. The lowest BCUT2D eigenvalue weighted by atomic mass is 9.91. The van der Waals surface area contributed by atoms with Crippen molar-refractivity contribution in [1.82, 2.24) is 15.0 Å². The molecule has 0 saturated carbocycles. The van der Waals surface area contributed by atoms with Gasteiger partial charge in [-0.05, 0) is 56.7 Å². The van der Waals surface area contributed by atoms with Crippen molar-refractivity contribution in [2.75, 3.05) is 25.3 Å². The van der Waals surface area contributed by atoms with E-state index in [0.717, 1.165) is 34.1 Å². The minimum absolute atomic E-state index is 0.0507. The molecule has 6 rings (SSSR count). The maximum atomic E-state index is 12.9. The molecule has 0 bridgehead atoms. The van der Waals surface area contributed by atoms with Gasteiger partial charge in [-0.3, -0.25) is 23.2 Å². The molecular weight excluding hydrogens is 907 g/mol. The van der Waals surface area contributed by atoms with Crippen LogP contribution in [-0.2, 0) is 49.9 Å². The van der Waals surface area contributed by atoms with Crippen molar-refractivity contribution < 1.29 is 80.4 Å². The fourth-order valence-corrected chi connectivity index (χ4v) is 8.78. The number of fused-ring (bicyclic) bond motifs is 4. The molecular formula is C35H31N5O18S4. The fourth-order valence-electron chi connectivity index (χ4n) is 6.10. The van der Waals surface area contributed by atoms with Gasteiger partial charge in [-0.1, -0.05) is 24.3 Å². The Balaban J connectivity index is 1.64. The number of allylic oxidation sites excluding steroid dienone is 3. The molecule has 0 radical (unpaired) electrons. The predicted octanol–water partition coefficient (Wildman–Crippen LogP) is 4.44. The molecule has 0 unspecified atom stereocenters. The summed E-state index contributed by atoms with van der Waals surface area (Å²) < 4.78 is 159. The van der Waals surface area contributed by atoms with Crippen LogP contribution in [0.3, 0.4) is 0 Å². The topological polar surface area (TPSA) is 335 Å². The van der Waals surface area contributed by atoms with E-state index in [-0.39, 0.29) is 68.8 Å². The monoisotopic (exact) mass is 937 g/mol. The number of hydrazone groups is 1. The Labute approximate surface area is 351 Å². The van der Waals surface area contributed by atoms with Gasteiger partial charge in [0.15, 0.2) is 11.5 Å². The maximum absolute atomic E-state index is 12.9. The third-order valence-corrected chi connectivity index (χ3v) is 12.2. The molecule has 27 heteroatoms. The van der Waals surface area contributed by atoms with Crippen LogP contribution in [0.5, 0.6) is 11.5 Å². The largest absolute Gasteiger partial charge is 0.513 e. The molecule has 0 saturated heterocycles. The Hall–Kier alpha value is -6.33. The van der Waals surface area contributed by atoms with E-state index >= 15 is 0 Å². The summed E-state index contributed by atoms with van der Waals surface area (Å²) >= 11 is 0. The molecule has 0 aliphatic heterocycles. The van der Waals surface area contributed by atoms with Gasteiger partial charge in [0.25, 0.3) is 40.5 Å². The number of carbonyl (C=O) groups excluding carboxylic acids is 2. The Kier molecular flexibility index (Phi) is 12.0. The van der Waals surface area contributed by atoms with Crippen LogP contribution in [-0.4, -0.2) is 105 Å². The molecule has 1 aliphatic carbocycles. The Morgan fingerprint density at radius 3 is 1.87 bits per heavy atom. The Morgan fingerprint density at radius 2 is 1.31 bits per heavy atom. The lowest BCUT2D eigenvalue weighted by Crippen LogP contribution is -2.21. The second-order valence-electron chi connectivity index (χ2n) is 12.6. The van der Waals surface area contributed by atoms with Crippen molar-refractivity contribution in [3.05, 3.63) is 77.4 Å². The third kappa shape index (κ3) is 9.13. The molecule has 5 aromatic rings. The predicted molar refractivity (Wildman–Crippen MR) is 215 cm³/mol. The highest BCUT2D eigenvalue weighted by Gasteiger charge is 2.30. The highest BCUT2D eigenvalue weighted by molar-refractivity contribution is 7.87. The smallest absolute Gasteiger partial charge is 0.434 e. The van der Waals surface area contributed by atoms with E-state index in [1.165, 1.54) is 51.3 Å². The lowest BCUT2D eigenvalue weighted by Gasteiger charge is -2.24. The third-order valence-electron chi connectivity index (χ3n) is 8.72. The number of carbonyl (C=O) groups is 2. The summed E-state index contributed by atoms with van der Waals surface area (Å²) in [5, 5.41) is 13.8. The van der Waals surface area contributed by atoms with E-state index in [9.17, 15) is 61.5 Å². The minimum atomic E-state index is -5.11. The molecule has 62 heavy (non-hydrogen) atoms. The summed E-state index contributed by atoms with van der Waals surface area (Å²) in [6.07, 6.45) is 1.61. The summed E-state index contributed by atoms with van der Waals surface area (Å²) in [5.74, 6) is -0.866. The first-order valence-electron chi connectivity index (χ1n) is 17.3.